The molecule has 0 aliphatic carbocycles. The van der Waals surface area contributed by atoms with Crippen LogP contribution in [0.2, 0.25) is 5.02 Å². The first kappa shape index (κ1) is 8.70. The highest BCUT2D eigenvalue weighted by Crippen LogP contribution is 2.16. The molecular formula is C10H8ClN. The van der Waals surface area contributed by atoms with Crippen LogP contribution in [0, 0.1) is 12.3 Å². The summed E-state index contributed by atoms with van der Waals surface area (Å²) >= 11 is 5.86. The Bertz CT molecular complexity index is 347. The normalized spacial score (nSPS) is 10.8. The van der Waals surface area contributed by atoms with Gasteiger partial charge in [-0.05, 0) is 17.7 Å². The summed E-state index contributed by atoms with van der Waals surface area (Å²) < 4.78 is 0. The van der Waals surface area contributed by atoms with Gasteiger partial charge in [0.2, 0.25) is 0 Å². The minimum absolute atomic E-state index is 0.378. The van der Waals surface area contributed by atoms with Crippen LogP contribution in [0.25, 0.3) is 6.08 Å². The molecule has 0 aliphatic rings. The number of hydrogen-bond donors (Lipinski definition) is 1. The van der Waals surface area contributed by atoms with E-state index in [1.807, 2.05) is 18.2 Å². The molecule has 0 amide bonds. The maximum absolute atomic E-state index is 5.86. The van der Waals surface area contributed by atoms with Crippen molar-refractivity contribution in [1.29, 1.82) is 0 Å². The van der Waals surface area contributed by atoms with E-state index in [0.717, 1.165) is 5.56 Å². The van der Waals surface area contributed by atoms with Crippen LogP contribution in [0.5, 0.6) is 0 Å². The van der Waals surface area contributed by atoms with E-state index in [-0.39, 0.29) is 0 Å². The van der Waals surface area contributed by atoms with Gasteiger partial charge in [-0.1, -0.05) is 35.7 Å². The van der Waals surface area contributed by atoms with Crippen molar-refractivity contribution in [2.24, 2.45) is 5.73 Å². The molecule has 2 heteroatoms. The highest BCUT2D eigenvalue weighted by molar-refractivity contribution is 6.32. The van der Waals surface area contributed by atoms with Crippen LogP contribution in [0.3, 0.4) is 0 Å². The summed E-state index contributed by atoms with van der Waals surface area (Å²) in [6.07, 6.45) is 6.75. The lowest BCUT2D eigenvalue weighted by Gasteiger charge is -1.96. The molecule has 60 valence electrons. The molecular weight excluding hydrogens is 170 g/mol. The van der Waals surface area contributed by atoms with Gasteiger partial charge in [-0.2, -0.15) is 0 Å². The van der Waals surface area contributed by atoms with Crippen LogP contribution in [0.15, 0.2) is 30.0 Å². The van der Waals surface area contributed by atoms with E-state index in [2.05, 4.69) is 5.92 Å². The lowest BCUT2D eigenvalue weighted by atomic mass is 10.2. The van der Waals surface area contributed by atoms with Gasteiger partial charge in [-0.15, -0.1) is 6.42 Å². The third kappa shape index (κ3) is 2.05. The molecule has 0 radical (unpaired) electrons. The molecule has 1 aromatic carbocycles. The van der Waals surface area contributed by atoms with Crippen LogP contribution in [-0.4, -0.2) is 0 Å². The first-order valence-corrected chi connectivity index (χ1v) is 3.80. The summed E-state index contributed by atoms with van der Waals surface area (Å²) in [7, 11) is 0. The Hall–Kier alpha value is -1.39. The summed E-state index contributed by atoms with van der Waals surface area (Å²) in [6.45, 7) is 0. The molecule has 0 heterocycles. The molecule has 0 aromatic heterocycles. The highest BCUT2D eigenvalue weighted by Gasteiger charge is 1.94. The zero-order valence-electron chi connectivity index (χ0n) is 6.42. The van der Waals surface area contributed by atoms with Crippen molar-refractivity contribution in [2.45, 2.75) is 0 Å². The van der Waals surface area contributed by atoms with Gasteiger partial charge >= 0.3 is 0 Å². The van der Waals surface area contributed by atoms with Crippen molar-refractivity contribution in [3.05, 3.63) is 40.5 Å². The van der Waals surface area contributed by atoms with E-state index in [0.29, 0.717) is 10.7 Å². The molecule has 0 unspecified atom stereocenters. The molecule has 0 atom stereocenters. The minimum Gasteiger partial charge on any atom is -0.392 e. The van der Waals surface area contributed by atoms with Gasteiger partial charge in [0.15, 0.2) is 0 Å². The summed E-state index contributed by atoms with van der Waals surface area (Å²) in [5.41, 5.74) is 6.66. The fourth-order valence-corrected chi connectivity index (χ4v) is 0.992. The molecule has 0 fully saturated rings. The number of hydrogen-bond acceptors (Lipinski definition) is 1. The molecule has 1 nitrogen and oxygen atoms in total. The van der Waals surface area contributed by atoms with Gasteiger partial charge in [-0.3, -0.25) is 0 Å². The minimum atomic E-state index is 0.378. The third-order valence-electron chi connectivity index (χ3n) is 1.38. The number of benzene rings is 1. The fraction of sp³-hybridized carbons (Fsp3) is 0. The van der Waals surface area contributed by atoms with Gasteiger partial charge in [0.05, 0.1) is 5.70 Å². The van der Waals surface area contributed by atoms with Gasteiger partial charge in [-0.25, -0.2) is 0 Å². The third-order valence-corrected chi connectivity index (χ3v) is 1.73. The van der Waals surface area contributed by atoms with E-state index in [4.69, 9.17) is 23.8 Å². The number of nitrogens with two attached hydrogens (primary N) is 1. The van der Waals surface area contributed by atoms with Crippen molar-refractivity contribution in [3.63, 3.8) is 0 Å². The molecule has 0 bridgehead atoms. The van der Waals surface area contributed by atoms with Gasteiger partial charge in [0.1, 0.15) is 0 Å². The zero-order chi connectivity index (χ0) is 8.97. The van der Waals surface area contributed by atoms with Crippen molar-refractivity contribution in [3.8, 4) is 12.3 Å². The highest BCUT2D eigenvalue weighted by atomic mass is 35.5. The Balaban J connectivity index is 3.06. The van der Waals surface area contributed by atoms with Crippen molar-refractivity contribution in [2.75, 3.05) is 0 Å². The van der Waals surface area contributed by atoms with Crippen molar-refractivity contribution < 1.29 is 0 Å². The lowest BCUT2D eigenvalue weighted by Crippen LogP contribution is -1.92. The molecule has 1 aromatic rings. The first-order chi connectivity index (χ1) is 5.74. The SMILES string of the molecule is C#C/C(N)=C\c1ccccc1Cl. The predicted molar refractivity (Wildman–Crippen MR) is 52.4 cm³/mol. The summed E-state index contributed by atoms with van der Waals surface area (Å²) in [4.78, 5) is 0. The van der Waals surface area contributed by atoms with E-state index >= 15 is 0 Å². The van der Waals surface area contributed by atoms with E-state index in [9.17, 15) is 0 Å². The Labute approximate surface area is 76.8 Å². The smallest absolute Gasteiger partial charge is 0.0831 e. The lowest BCUT2D eigenvalue weighted by molar-refractivity contribution is 1.49. The monoisotopic (exact) mass is 177 g/mol. The maximum Gasteiger partial charge on any atom is 0.0831 e. The Morgan fingerprint density at radius 2 is 2.17 bits per heavy atom. The first-order valence-electron chi connectivity index (χ1n) is 3.42. The Morgan fingerprint density at radius 3 is 2.75 bits per heavy atom. The van der Waals surface area contributed by atoms with Gasteiger partial charge in [0.25, 0.3) is 0 Å². The number of rotatable bonds is 1. The Morgan fingerprint density at radius 1 is 1.50 bits per heavy atom. The van der Waals surface area contributed by atoms with Crippen LogP contribution >= 0.6 is 11.6 Å². The van der Waals surface area contributed by atoms with Gasteiger partial charge < -0.3 is 5.73 Å². The molecule has 0 saturated heterocycles. The maximum atomic E-state index is 5.86. The molecule has 1 rings (SSSR count). The molecule has 2 N–H and O–H groups in total. The zero-order valence-corrected chi connectivity index (χ0v) is 7.18. The van der Waals surface area contributed by atoms with Crippen LogP contribution in [0.4, 0.5) is 0 Å². The van der Waals surface area contributed by atoms with E-state index < -0.39 is 0 Å². The van der Waals surface area contributed by atoms with Crippen LogP contribution in [0.1, 0.15) is 5.56 Å². The molecule has 12 heavy (non-hydrogen) atoms. The summed E-state index contributed by atoms with van der Waals surface area (Å²) in [5.74, 6) is 2.32. The summed E-state index contributed by atoms with van der Waals surface area (Å²) in [6, 6.07) is 7.37. The van der Waals surface area contributed by atoms with E-state index in [1.165, 1.54) is 0 Å². The van der Waals surface area contributed by atoms with Crippen molar-refractivity contribution in [1.82, 2.24) is 0 Å². The van der Waals surface area contributed by atoms with Gasteiger partial charge in [0, 0.05) is 5.02 Å². The predicted octanol–water partition coefficient (Wildman–Crippen LogP) is 2.27. The molecule has 0 saturated carbocycles. The second kappa shape index (κ2) is 3.85. The molecule has 0 spiro atoms. The Kier molecular flexibility index (Phi) is 2.79. The number of allylic oxidation sites excluding steroid dienone is 1. The van der Waals surface area contributed by atoms with Crippen LogP contribution in [-0.2, 0) is 0 Å². The second-order valence-electron chi connectivity index (χ2n) is 2.27. The quantitative estimate of drug-likeness (QED) is 0.655. The number of terminal acetylenes is 1. The molecule has 0 aliphatic heterocycles. The average molecular weight is 178 g/mol. The average Bonchev–Trinajstić information content (AvgIpc) is 2.09. The van der Waals surface area contributed by atoms with E-state index in [1.54, 1.807) is 12.1 Å². The standard InChI is InChI=1S/C10H8ClN/c1-2-9(12)7-8-5-3-4-6-10(8)11/h1,3-7H,12H2/b9-7+. The second-order valence-corrected chi connectivity index (χ2v) is 2.67. The summed E-state index contributed by atoms with van der Waals surface area (Å²) in [5, 5.41) is 0.649. The largest absolute Gasteiger partial charge is 0.392 e. The topological polar surface area (TPSA) is 26.0 Å². The fourth-order valence-electron chi connectivity index (χ4n) is 0.801. The number of halogens is 1. The van der Waals surface area contributed by atoms with Crippen molar-refractivity contribution >= 4 is 17.7 Å². The van der Waals surface area contributed by atoms with Crippen LogP contribution < -0.4 is 5.73 Å².